The van der Waals surface area contributed by atoms with Crippen LogP contribution in [-0.2, 0) is 13.6 Å². The first-order valence-corrected chi connectivity index (χ1v) is 6.82. The van der Waals surface area contributed by atoms with Gasteiger partial charge in [0.15, 0.2) is 0 Å². The molecule has 0 aliphatic heterocycles. The molecule has 18 heavy (non-hydrogen) atoms. The van der Waals surface area contributed by atoms with Gasteiger partial charge in [-0.05, 0) is 19.9 Å². The minimum absolute atomic E-state index is 0.0849. The predicted molar refractivity (Wildman–Crippen MR) is 63.5 cm³/mol. The summed E-state index contributed by atoms with van der Waals surface area (Å²) in [6.45, 7) is 3.36. The van der Waals surface area contributed by atoms with Crippen molar-refractivity contribution in [1.29, 1.82) is 0 Å². The quantitative estimate of drug-likeness (QED) is 0.453. The summed E-state index contributed by atoms with van der Waals surface area (Å²) in [5, 5.41) is 10.5. The van der Waals surface area contributed by atoms with Crippen LogP contribution in [0.25, 0.3) is 0 Å². The second kappa shape index (κ2) is 6.04. The lowest BCUT2D eigenvalue weighted by Gasteiger charge is -2.16. The van der Waals surface area contributed by atoms with Gasteiger partial charge in [0.05, 0.1) is 29.5 Å². The standard InChI is InChI=1S/C10H13FNO5P/c1-3-16-18(15,17-4-2)10-6-8(11)5-9(7-10)12(13)14/h5-7H,3-4H2,1-2H3. The summed E-state index contributed by atoms with van der Waals surface area (Å²) in [5.74, 6) is -0.862. The number of non-ortho nitro benzene ring substituents is 1. The molecular weight excluding hydrogens is 264 g/mol. The first-order chi connectivity index (χ1) is 8.42. The maximum Gasteiger partial charge on any atom is 0.361 e. The van der Waals surface area contributed by atoms with Crippen molar-refractivity contribution < 1.29 is 22.9 Å². The summed E-state index contributed by atoms with van der Waals surface area (Å²) in [4.78, 5) is 9.85. The third kappa shape index (κ3) is 3.35. The van der Waals surface area contributed by atoms with Crippen molar-refractivity contribution in [3.8, 4) is 0 Å². The Kier molecular flexibility index (Phi) is 4.95. The molecule has 8 heteroatoms. The molecule has 1 aromatic rings. The molecule has 0 saturated carbocycles. The molecule has 0 saturated heterocycles. The number of nitrogens with zero attached hydrogens (tertiary/aromatic N) is 1. The lowest BCUT2D eigenvalue weighted by molar-refractivity contribution is -0.385. The van der Waals surface area contributed by atoms with E-state index in [1.54, 1.807) is 13.8 Å². The van der Waals surface area contributed by atoms with E-state index in [0.717, 1.165) is 18.2 Å². The molecule has 1 rings (SSSR count). The molecule has 0 atom stereocenters. The topological polar surface area (TPSA) is 78.7 Å². The van der Waals surface area contributed by atoms with E-state index in [0.29, 0.717) is 0 Å². The molecule has 0 radical (unpaired) electrons. The largest absolute Gasteiger partial charge is 0.361 e. The molecule has 0 N–H and O–H groups in total. The highest BCUT2D eigenvalue weighted by atomic mass is 31.2. The zero-order valence-corrected chi connectivity index (χ0v) is 10.9. The fraction of sp³-hybridized carbons (Fsp3) is 0.400. The monoisotopic (exact) mass is 277 g/mol. The Bertz CT molecular complexity index is 483. The molecule has 0 aromatic heterocycles. The Balaban J connectivity index is 3.28. The lowest BCUT2D eigenvalue weighted by atomic mass is 10.3. The van der Waals surface area contributed by atoms with Crippen molar-refractivity contribution in [3.05, 3.63) is 34.1 Å². The maximum absolute atomic E-state index is 13.3. The summed E-state index contributed by atoms with van der Waals surface area (Å²) >= 11 is 0. The second-order valence-electron chi connectivity index (χ2n) is 3.26. The highest BCUT2D eigenvalue weighted by Gasteiger charge is 2.29. The number of hydrogen-bond acceptors (Lipinski definition) is 5. The normalized spacial score (nSPS) is 11.5. The van der Waals surface area contributed by atoms with Gasteiger partial charge in [-0.1, -0.05) is 0 Å². The number of benzene rings is 1. The molecule has 0 aliphatic carbocycles. The Morgan fingerprint density at radius 3 is 2.28 bits per heavy atom. The number of rotatable bonds is 6. The molecule has 0 heterocycles. The smallest absolute Gasteiger partial charge is 0.305 e. The molecule has 100 valence electrons. The summed E-state index contributed by atoms with van der Waals surface area (Å²) in [6.07, 6.45) is 0. The lowest BCUT2D eigenvalue weighted by Crippen LogP contribution is -2.12. The van der Waals surface area contributed by atoms with Crippen LogP contribution in [0.15, 0.2) is 18.2 Å². The molecule has 0 amide bonds. The van der Waals surface area contributed by atoms with Gasteiger partial charge in [-0.25, -0.2) is 4.39 Å². The molecule has 1 aromatic carbocycles. The van der Waals surface area contributed by atoms with Crippen molar-refractivity contribution in [2.24, 2.45) is 0 Å². The third-order valence-electron chi connectivity index (χ3n) is 1.99. The van der Waals surface area contributed by atoms with Gasteiger partial charge in [0, 0.05) is 6.07 Å². The molecule has 0 bridgehead atoms. The number of hydrogen-bond donors (Lipinski definition) is 0. The SMILES string of the molecule is CCOP(=O)(OCC)c1cc(F)cc([N+](=O)[O-])c1. The predicted octanol–water partition coefficient (Wildman–Crippen LogP) is 2.63. The summed E-state index contributed by atoms with van der Waals surface area (Å²) in [5.41, 5.74) is -0.496. The van der Waals surface area contributed by atoms with Crippen LogP contribution in [0.2, 0.25) is 0 Å². The highest BCUT2D eigenvalue weighted by Crippen LogP contribution is 2.47. The second-order valence-corrected chi connectivity index (χ2v) is 5.29. The van der Waals surface area contributed by atoms with Gasteiger partial charge in [0.1, 0.15) is 5.82 Å². The van der Waals surface area contributed by atoms with E-state index in [1.165, 1.54) is 0 Å². The molecule has 6 nitrogen and oxygen atoms in total. The van der Waals surface area contributed by atoms with E-state index in [9.17, 15) is 19.1 Å². The van der Waals surface area contributed by atoms with Crippen LogP contribution >= 0.6 is 7.60 Å². The van der Waals surface area contributed by atoms with Crippen LogP contribution in [0.1, 0.15) is 13.8 Å². The fourth-order valence-electron chi connectivity index (χ4n) is 1.35. The van der Waals surface area contributed by atoms with Crippen LogP contribution < -0.4 is 5.30 Å². The zero-order chi connectivity index (χ0) is 13.8. The van der Waals surface area contributed by atoms with E-state index in [2.05, 4.69) is 0 Å². The molecule has 0 aliphatic rings. The van der Waals surface area contributed by atoms with Crippen LogP contribution in [0.5, 0.6) is 0 Å². The van der Waals surface area contributed by atoms with Crippen LogP contribution in [0, 0.1) is 15.9 Å². The van der Waals surface area contributed by atoms with Crippen molar-refractivity contribution in [3.63, 3.8) is 0 Å². The van der Waals surface area contributed by atoms with Gasteiger partial charge in [0.2, 0.25) is 0 Å². The summed E-state index contributed by atoms with van der Waals surface area (Å²) in [6, 6.07) is 2.65. The highest BCUT2D eigenvalue weighted by molar-refractivity contribution is 7.62. The molecule has 0 spiro atoms. The minimum atomic E-state index is -3.71. The zero-order valence-electron chi connectivity index (χ0n) is 9.96. The van der Waals surface area contributed by atoms with Crippen molar-refractivity contribution in [1.82, 2.24) is 0 Å². The van der Waals surface area contributed by atoms with Gasteiger partial charge in [-0.2, -0.15) is 0 Å². The van der Waals surface area contributed by atoms with Gasteiger partial charge in [-0.3, -0.25) is 14.7 Å². The number of nitro benzene ring substituents is 1. The molecule has 0 unspecified atom stereocenters. The van der Waals surface area contributed by atoms with Crippen LogP contribution in [-0.4, -0.2) is 18.1 Å². The van der Waals surface area contributed by atoms with E-state index in [1.807, 2.05) is 0 Å². The minimum Gasteiger partial charge on any atom is -0.305 e. The average Bonchev–Trinajstić information content (AvgIpc) is 2.28. The van der Waals surface area contributed by atoms with E-state index in [4.69, 9.17) is 9.05 Å². The van der Waals surface area contributed by atoms with Crippen molar-refractivity contribution in [2.75, 3.05) is 13.2 Å². The van der Waals surface area contributed by atoms with E-state index in [-0.39, 0.29) is 18.5 Å². The van der Waals surface area contributed by atoms with Crippen molar-refractivity contribution in [2.45, 2.75) is 13.8 Å². The first kappa shape index (κ1) is 14.8. The van der Waals surface area contributed by atoms with Gasteiger partial charge in [0.25, 0.3) is 5.69 Å². The average molecular weight is 277 g/mol. The number of nitro groups is 1. The Morgan fingerprint density at radius 2 is 1.83 bits per heavy atom. The third-order valence-corrected chi connectivity index (χ3v) is 4.08. The maximum atomic E-state index is 13.3. The molecular formula is C10H13FNO5P. The van der Waals surface area contributed by atoms with E-state index >= 15 is 0 Å². The van der Waals surface area contributed by atoms with Gasteiger partial charge in [-0.15, -0.1) is 0 Å². The van der Waals surface area contributed by atoms with E-state index < -0.39 is 24.0 Å². The first-order valence-electron chi connectivity index (χ1n) is 5.27. The van der Waals surface area contributed by atoms with Gasteiger partial charge >= 0.3 is 7.60 Å². The Hall–Kier alpha value is -1.30. The molecule has 0 fully saturated rings. The Labute approximate surface area is 103 Å². The van der Waals surface area contributed by atoms with Gasteiger partial charge < -0.3 is 9.05 Å². The van der Waals surface area contributed by atoms with Crippen LogP contribution in [0.4, 0.5) is 10.1 Å². The van der Waals surface area contributed by atoms with Crippen molar-refractivity contribution >= 4 is 18.6 Å². The number of halogens is 1. The Morgan fingerprint density at radius 1 is 1.28 bits per heavy atom. The summed E-state index contributed by atoms with van der Waals surface area (Å²) in [7, 11) is -3.71. The summed E-state index contributed by atoms with van der Waals surface area (Å²) < 4.78 is 35.5. The van der Waals surface area contributed by atoms with Crippen LogP contribution in [0.3, 0.4) is 0 Å². The fourth-order valence-corrected chi connectivity index (χ4v) is 2.97.